The lowest BCUT2D eigenvalue weighted by Gasteiger charge is -2.23. The Balaban J connectivity index is 2.80. The fourth-order valence-electron chi connectivity index (χ4n) is 1.76. The van der Waals surface area contributed by atoms with E-state index >= 15 is 0 Å². The second kappa shape index (κ2) is 7.54. The molecular weight excluding hydrogens is 236 g/mol. The van der Waals surface area contributed by atoms with Gasteiger partial charge in [-0.15, -0.1) is 0 Å². The number of aliphatic hydroxyl groups is 1. The number of aliphatic hydroxyl groups excluding tert-OH is 1. The predicted octanol–water partition coefficient (Wildman–Crippen LogP) is 2.27. The lowest BCUT2D eigenvalue weighted by molar-refractivity contribution is 0.302. The van der Waals surface area contributed by atoms with E-state index in [4.69, 9.17) is 16.7 Å². The molecule has 3 nitrogen and oxygen atoms in total. The van der Waals surface area contributed by atoms with Crippen molar-refractivity contribution in [2.75, 3.05) is 31.1 Å². The highest BCUT2D eigenvalue weighted by Crippen LogP contribution is 2.26. The second-order valence-electron chi connectivity index (χ2n) is 3.87. The molecule has 2 N–H and O–H groups in total. The van der Waals surface area contributed by atoms with Crippen molar-refractivity contribution in [1.29, 1.82) is 0 Å². The van der Waals surface area contributed by atoms with Gasteiger partial charge in [-0.3, -0.25) is 0 Å². The predicted molar refractivity (Wildman–Crippen MR) is 73.8 cm³/mol. The molecule has 1 aromatic carbocycles. The molecule has 0 radical (unpaired) electrons. The third kappa shape index (κ3) is 4.19. The van der Waals surface area contributed by atoms with E-state index in [9.17, 15) is 0 Å². The van der Waals surface area contributed by atoms with Gasteiger partial charge in [-0.1, -0.05) is 24.6 Å². The monoisotopic (exact) mass is 256 g/mol. The van der Waals surface area contributed by atoms with Crippen molar-refractivity contribution >= 4 is 17.3 Å². The minimum atomic E-state index is 0.142. The van der Waals surface area contributed by atoms with Crippen molar-refractivity contribution in [3.63, 3.8) is 0 Å². The van der Waals surface area contributed by atoms with Gasteiger partial charge in [0.15, 0.2) is 0 Å². The van der Waals surface area contributed by atoms with E-state index in [0.29, 0.717) is 6.54 Å². The molecule has 17 heavy (non-hydrogen) atoms. The molecule has 0 aliphatic carbocycles. The van der Waals surface area contributed by atoms with Gasteiger partial charge in [0.05, 0.1) is 17.3 Å². The average molecular weight is 257 g/mol. The van der Waals surface area contributed by atoms with Crippen LogP contribution in [0, 0.1) is 0 Å². The van der Waals surface area contributed by atoms with Crippen LogP contribution in [0.4, 0.5) is 5.69 Å². The van der Waals surface area contributed by atoms with E-state index in [-0.39, 0.29) is 6.61 Å². The largest absolute Gasteiger partial charge is 0.395 e. The molecule has 0 atom stereocenters. The Labute approximate surface area is 108 Å². The Bertz CT molecular complexity index is 344. The number of nitrogens with one attached hydrogen (secondary N) is 1. The lowest BCUT2D eigenvalue weighted by Crippen LogP contribution is -2.26. The summed E-state index contributed by atoms with van der Waals surface area (Å²) in [7, 11) is 0. The summed E-state index contributed by atoms with van der Waals surface area (Å²) in [6, 6.07) is 6.08. The number of nitrogens with zero attached hydrogens (tertiary/aromatic N) is 1. The fourth-order valence-corrected chi connectivity index (χ4v) is 2.08. The first-order valence-corrected chi connectivity index (χ1v) is 6.45. The van der Waals surface area contributed by atoms with Gasteiger partial charge in [0.25, 0.3) is 0 Å². The summed E-state index contributed by atoms with van der Waals surface area (Å²) in [5.74, 6) is 0. The van der Waals surface area contributed by atoms with Crippen LogP contribution in [-0.4, -0.2) is 31.3 Å². The SMILES string of the molecule is CCNCc1ccc(N(CC)CCO)c(Cl)c1. The molecule has 0 aliphatic rings. The number of hydrogen-bond acceptors (Lipinski definition) is 3. The smallest absolute Gasteiger partial charge is 0.0642 e. The first-order chi connectivity index (χ1) is 8.22. The Hall–Kier alpha value is -0.770. The highest BCUT2D eigenvalue weighted by Gasteiger charge is 2.08. The van der Waals surface area contributed by atoms with Crippen molar-refractivity contribution < 1.29 is 5.11 Å². The van der Waals surface area contributed by atoms with Crippen molar-refractivity contribution in [1.82, 2.24) is 5.32 Å². The maximum Gasteiger partial charge on any atom is 0.0642 e. The second-order valence-corrected chi connectivity index (χ2v) is 4.28. The van der Waals surface area contributed by atoms with Crippen LogP contribution in [0.25, 0.3) is 0 Å². The molecular formula is C13H21ClN2O. The van der Waals surface area contributed by atoms with Crippen LogP contribution in [-0.2, 0) is 6.54 Å². The molecule has 1 rings (SSSR count). The first kappa shape index (κ1) is 14.3. The van der Waals surface area contributed by atoms with E-state index in [2.05, 4.69) is 30.1 Å². The number of anilines is 1. The molecule has 0 bridgehead atoms. The fraction of sp³-hybridized carbons (Fsp3) is 0.538. The maximum atomic E-state index is 9.00. The normalized spacial score (nSPS) is 10.6. The van der Waals surface area contributed by atoms with E-state index < -0.39 is 0 Å². The minimum Gasteiger partial charge on any atom is -0.395 e. The van der Waals surface area contributed by atoms with Gasteiger partial charge in [0.2, 0.25) is 0 Å². The molecule has 1 aromatic rings. The van der Waals surface area contributed by atoms with Gasteiger partial charge in [-0.25, -0.2) is 0 Å². The molecule has 0 fully saturated rings. The third-order valence-electron chi connectivity index (χ3n) is 2.68. The molecule has 0 saturated carbocycles. The van der Waals surface area contributed by atoms with Crippen molar-refractivity contribution in [3.8, 4) is 0 Å². The van der Waals surface area contributed by atoms with Gasteiger partial charge >= 0.3 is 0 Å². The van der Waals surface area contributed by atoms with Crippen molar-refractivity contribution in [3.05, 3.63) is 28.8 Å². The number of benzene rings is 1. The summed E-state index contributed by atoms with van der Waals surface area (Å²) in [6.07, 6.45) is 0. The zero-order chi connectivity index (χ0) is 12.7. The van der Waals surface area contributed by atoms with Crippen LogP contribution in [0.1, 0.15) is 19.4 Å². The molecule has 0 saturated heterocycles. The summed E-state index contributed by atoms with van der Waals surface area (Å²) in [4.78, 5) is 2.07. The van der Waals surface area contributed by atoms with E-state index in [1.54, 1.807) is 0 Å². The molecule has 0 spiro atoms. The topological polar surface area (TPSA) is 35.5 Å². The summed E-state index contributed by atoms with van der Waals surface area (Å²) >= 11 is 6.27. The standard InChI is InChI=1S/C13H21ClN2O/c1-3-15-10-11-5-6-13(12(14)9-11)16(4-2)7-8-17/h5-6,9,15,17H,3-4,7-8,10H2,1-2H3. The van der Waals surface area contributed by atoms with Gasteiger partial charge in [-0.2, -0.15) is 0 Å². The van der Waals surface area contributed by atoms with Crippen LogP contribution in [0.2, 0.25) is 5.02 Å². The van der Waals surface area contributed by atoms with Crippen molar-refractivity contribution in [2.45, 2.75) is 20.4 Å². The number of halogens is 1. The highest BCUT2D eigenvalue weighted by molar-refractivity contribution is 6.33. The molecule has 0 aliphatic heterocycles. The van der Waals surface area contributed by atoms with E-state index in [0.717, 1.165) is 30.3 Å². The molecule has 0 heterocycles. The zero-order valence-electron chi connectivity index (χ0n) is 10.5. The number of hydrogen-bond donors (Lipinski definition) is 2. The quantitative estimate of drug-likeness (QED) is 0.786. The van der Waals surface area contributed by atoms with Crippen LogP contribution in [0.15, 0.2) is 18.2 Å². The maximum absolute atomic E-state index is 9.00. The Morgan fingerprint density at radius 1 is 1.35 bits per heavy atom. The van der Waals surface area contributed by atoms with E-state index in [1.165, 1.54) is 5.56 Å². The average Bonchev–Trinajstić information content (AvgIpc) is 2.34. The van der Waals surface area contributed by atoms with Gasteiger partial charge in [0.1, 0.15) is 0 Å². The molecule has 0 amide bonds. The molecule has 96 valence electrons. The van der Waals surface area contributed by atoms with Crippen LogP contribution >= 0.6 is 11.6 Å². The number of likely N-dealkylation sites (N-methyl/N-ethyl adjacent to an activating group) is 1. The summed E-state index contributed by atoms with van der Waals surface area (Å²) < 4.78 is 0. The third-order valence-corrected chi connectivity index (χ3v) is 2.99. The lowest BCUT2D eigenvalue weighted by atomic mass is 10.2. The van der Waals surface area contributed by atoms with Gasteiger partial charge in [0, 0.05) is 19.6 Å². The molecule has 4 heteroatoms. The number of rotatable bonds is 7. The van der Waals surface area contributed by atoms with E-state index in [1.807, 2.05) is 12.1 Å². The van der Waals surface area contributed by atoms with Gasteiger partial charge in [-0.05, 0) is 31.2 Å². The van der Waals surface area contributed by atoms with Crippen molar-refractivity contribution in [2.24, 2.45) is 0 Å². The molecule has 0 aromatic heterocycles. The summed E-state index contributed by atoms with van der Waals surface area (Å²) in [5, 5.41) is 13.0. The summed E-state index contributed by atoms with van der Waals surface area (Å²) in [5.41, 5.74) is 2.17. The molecule has 0 unspecified atom stereocenters. The first-order valence-electron chi connectivity index (χ1n) is 6.07. The Kier molecular flexibility index (Phi) is 6.34. The minimum absolute atomic E-state index is 0.142. The summed E-state index contributed by atoms with van der Waals surface area (Å²) in [6.45, 7) is 7.51. The Morgan fingerprint density at radius 3 is 2.65 bits per heavy atom. The van der Waals surface area contributed by atoms with Crippen LogP contribution < -0.4 is 10.2 Å². The van der Waals surface area contributed by atoms with Crippen LogP contribution in [0.3, 0.4) is 0 Å². The highest BCUT2D eigenvalue weighted by atomic mass is 35.5. The Morgan fingerprint density at radius 2 is 2.12 bits per heavy atom. The van der Waals surface area contributed by atoms with Gasteiger partial charge < -0.3 is 15.3 Å². The zero-order valence-corrected chi connectivity index (χ0v) is 11.3. The van der Waals surface area contributed by atoms with Crippen LogP contribution in [0.5, 0.6) is 0 Å².